The third kappa shape index (κ3) is 7.11. The highest BCUT2D eigenvalue weighted by molar-refractivity contribution is 5.68. The van der Waals surface area contributed by atoms with Crippen molar-refractivity contribution < 1.29 is 13.9 Å². The second-order valence-electron chi connectivity index (χ2n) is 6.31. The van der Waals surface area contributed by atoms with Crippen LogP contribution in [0.5, 0.6) is 0 Å². The van der Waals surface area contributed by atoms with Crippen molar-refractivity contribution in [3.05, 3.63) is 35.1 Å². The zero-order chi connectivity index (χ0) is 17.5. The average molecular weight is 321 g/mol. The van der Waals surface area contributed by atoms with E-state index in [1.807, 2.05) is 33.8 Å². The van der Waals surface area contributed by atoms with E-state index in [0.717, 1.165) is 12.0 Å². The van der Waals surface area contributed by atoms with Crippen LogP contribution in [0.25, 0.3) is 0 Å². The smallest absolute Gasteiger partial charge is 0.407 e. The Morgan fingerprint density at radius 1 is 1.43 bits per heavy atom. The van der Waals surface area contributed by atoms with Gasteiger partial charge in [-0.05, 0) is 44.9 Å². The van der Waals surface area contributed by atoms with Gasteiger partial charge in [-0.3, -0.25) is 0 Å². The number of nitrogens with zero attached hydrogens (tertiary/aromatic N) is 1. The minimum absolute atomic E-state index is 0.0308. The fourth-order valence-corrected chi connectivity index (χ4v) is 1.93. The van der Waals surface area contributed by atoms with Gasteiger partial charge in [0.25, 0.3) is 0 Å². The quantitative estimate of drug-likeness (QED) is 0.844. The summed E-state index contributed by atoms with van der Waals surface area (Å²) in [6, 6.07) is 6.18. The fourth-order valence-electron chi connectivity index (χ4n) is 1.93. The lowest BCUT2D eigenvalue weighted by molar-refractivity contribution is 0.0502. The van der Waals surface area contributed by atoms with Crippen molar-refractivity contribution in [2.24, 2.45) is 0 Å². The van der Waals surface area contributed by atoms with Crippen molar-refractivity contribution in [1.82, 2.24) is 10.6 Å². The molecule has 1 amide bonds. The van der Waals surface area contributed by atoms with Crippen molar-refractivity contribution >= 4 is 6.09 Å². The Hall–Kier alpha value is -2.13. The molecule has 1 rings (SSSR count). The summed E-state index contributed by atoms with van der Waals surface area (Å²) in [6.07, 6.45) is 0.304. The van der Waals surface area contributed by atoms with Gasteiger partial charge in [-0.1, -0.05) is 13.0 Å². The van der Waals surface area contributed by atoms with Crippen LogP contribution in [0, 0.1) is 17.1 Å². The Balaban J connectivity index is 2.46. The van der Waals surface area contributed by atoms with Gasteiger partial charge in [-0.2, -0.15) is 5.26 Å². The van der Waals surface area contributed by atoms with Crippen molar-refractivity contribution in [2.45, 2.75) is 52.3 Å². The molecule has 0 aliphatic carbocycles. The first-order valence-electron chi connectivity index (χ1n) is 7.64. The minimum Gasteiger partial charge on any atom is -0.444 e. The number of halogens is 1. The molecule has 23 heavy (non-hydrogen) atoms. The van der Waals surface area contributed by atoms with Crippen LogP contribution in [0.3, 0.4) is 0 Å². The Morgan fingerprint density at radius 3 is 2.70 bits per heavy atom. The lowest BCUT2D eigenvalue weighted by Gasteiger charge is -2.23. The molecule has 1 atom stereocenters. The third-order valence-corrected chi connectivity index (χ3v) is 3.08. The zero-order valence-electron chi connectivity index (χ0n) is 14.1. The van der Waals surface area contributed by atoms with E-state index in [4.69, 9.17) is 10.00 Å². The van der Waals surface area contributed by atoms with E-state index in [2.05, 4.69) is 10.6 Å². The van der Waals surface area contributed by atoms with Crippen LogP contribution in [0.1, 0.15) is 45.2 Å². The molecular formula is C17H24FN3O2. The number of alkyl carbamates (subject to hydrolysis) is 1. The highest BCUT2D eigenvalue weighted by Gasteiger charge is 2.18. The van der Waals surface area contributed by atoms with Gasteiger partial charge >= 0.3 is 6.09 Å². The molecule has 0 saturated carbocycles. The number of carbonyl (C=O) groups is 1. The average Bonchev–Trinajstić information content (AvgIpc) is 2.45. The molecule has 1 aromatic carbocycles. The molecular weight excluding hydrogens is 297 g/mol. The minimum atomic E-state index is -0.530. The number of nitriles is 1. The second-order valence-corrected chi connectivity index (χ2v) is 6.31. The van der Waals surface area contributed by atoms with Gasteiger partial charge in [0.2, 0.25) is 0 Å². The number of nitrogens with one attached hydrogen (secondary N) is 2. The lowest BCUT2D eigenvalue weighted by atomic mass is 10.1. The Morgan fingerprint density at radius 2 is 2.13 bits per heavy atom. The Labute approximate surface area is 136 Å². The molecule has 2 N–H and O–H groups in total. The van der Waals surface area contributed by atoms with Gasteiger partial charge < -0.3 is 15.4 Å². The molecule has 6 heteroatoms. The standard InChI is InChI=1S/C17H24FN3O2/c1-5-14(21-16(22)23-17(2,3)4)11-20-10-12-6-7-15(18)13(8-12)9-19/h6-8,14,20H,5,10-11H2,1-4H3,(H,21,22). The molecule has 0 radical (unpaired) electrons. The first-order valence-corrected chi connectivity index (χ1v) is 7.64. The Bertz CT molecular complexity index is 576. The first kappa shape index (κ1) is 18.9. The molecule has 0 saturated heterocycles. The summed E-state index contributed by atoms with van der Waals surface area (Å²) in [7, 11) is 0. The molecule has 0 fully saturated rings. The number of amides is 1. The summed E-state index contributed by atoms with van der Waals surface area (Å²) >= 11 is 0. The highest BCUT2D eigenvalue weighted by Crippen LogP contribution is 2.10. The van der Waals surface area contributed by atoms with Crippen LogP contribution in [0.2, 0.25) is 0 Å². The van der Waals surface area contributed by atoms with Crippen LogP contribution in [-0.2, 0) is 11.3 Å². The third-order valence-electron chi connectivity index (χ3n) is 3.08. The number of carbonyl (C=O) groups excluding carboxylic acids is 1. The molecule has 0 heterocycles. The highest BCUT2D eigenvalue weighted by atomic mass is 19.1. The molecule has 1 unspecified atom stereocenters. The molecule has 0 spiro atoms. The van der Waals surface area contributed by atoms with Crippen LogP contribution in [0.15, 0.2) is 18.2 Å². The lowest BCUT2D eigenvalue weighted by Crippen LogP contribution is -2.43. The van der Waals surface area contributed by atoms with E-state index in [-0.39, 0.29) is 11.6 Å². The van der Waals surface area contributed by atoms with Crippen LogP contribution >= 0.6 is 0 Å². The molecule has 126 valence electrons. The number of hydrogen-bond acceptors (Lipinski definition) is 4. The maximum Gasteiger partial charge on any atom is 0.407 e. The SMILES string of the molecule is CCC(CNCc1ccc(F)c(C#N)c1)NC(=O)OC(C)(C)C. The normalized spacial score (nSPS) is 12.3. The van der Waals surface area contributed by atoms with E-state index >= 15 is 0 Å². The topological polar surface area (TPSA) is 74.2 Å². The van der Waals surface area contributed by atoms with Crippen molar-refractivity contribution in [1.29, 1.82) is 5.26 Å². The molecule has 5 nitrogen and oxygen atoms in total. The van der Waals surface area contributed by atoms with Gasteiger partial charge in [-0.15, -0.1) is 0 Å². The van der Waals surface area contributed by atoms with Gasteiger partial charge in [-0.25, -0.2) is 9.18 Å². The number of rotatable bonds is 6. The molecule has 0 aromatic heterocycles. The van der Waals surface area contributed by atoms with Crippen LogP contribution < -0.4 is 10.6 Å². The first-order chi connectivity index (χ1) is 10.7. The van der Waals surface area contributed by atoms with E-state index < -0.39 is 17.5 Å². The van der Waals surface area contributed by atoms with Crippen molar-refractivity contribution in [3.63, 3.8) is 0 Å². The molecule has 0 bridgehead atoms. The maximum atomic E-state index is 13.2. The monoisotopic (exact) mass is 321 g/mol. The fraction of sp³-hybridized carbons (Fsp3) is 0.529. The predicted octanol–water partition coefficient (Wildman–Crippen LogP) is 3.09. The predicted molar refractivity (Wildman–Crippen MR) is 86.3 cm³/mol. The zero-order valence-corrected chi connectivity index (χ0v) is 14.1. The van der Waals surface area contributed by atoms with Gasteiger partial charge in [0.05, 0.1) is 5.56 Å². The Kier molecular flexibility index (Phi) is 6.98. The summed E-state index contributed by atoms with van der Waals surface area (Å²) in [6.45, 7) is 8.44. The van der Waals surface area contributed by atoms with Crippen molar-refractivity contribution in [2.75, 3.05) is 6.54 Å². The summed E-state index contributed by atoms with van der Waals surface area (Å²) < 4.78 is 18.5. The summed E-state index contributed by atoms with van der Waals surface area (Å²) in [5.74, 6) is -0.519. The van der Waals surface area contributed by atoms with E-state index in [1.54, 1.807) is 6.07 Å². The largest absolute Gasteiger partial charge is 0.444 e. The summed E-state index contributed by atoms with van der Waals surface area (Å²) in [5.41, 5.74) is 0.315. The van der Waals surface area contributed by atoms with Crippen LogP contribution in [0.4, 0.5) is 9.18 Å². The van der Waals surface area contributed by atoms with Crippen molar-refractivity contribution in [3.8, 4) is 6.07 Å². The summed E-state index contributed by atoms with van der Waals surface area (Å²) in [5, 5.41) is 14.8. The van der Waals surface area contributed by atoms with E-state index in [0.29, 0.717) is 13.1 Å². The van der Waals surface area contributed by atoms with E-state index in [9.17, 15) is 9.18 Å². The van der Waals surface area contributed by atoms with Gasteiger partial charge in [0.1, 0.15) is 17.5 Å². The van der Waals surface area contributed by atoms with Gasteiger partial charge in [0.15, 0.2) is 0 Å². The number of benzene rings is 1. The number of hydrogen-bond donors (Lipinski definition) is 2. The second kappa shape index (κ2) is 8.49. The van der Waals surface area contributed by atoms with Crippen LogP contribution in [-0.4, -0.2) is 24.3 Å². The summed E-state index contributed by atoms with van der Waals surface area (Å²) in [4.78, 5) is 11.7. The number of ether oxygens (including phenoxy) is 1. The van der Waals surface area contributed by atoms with Gasteiger partial charge in [0, 0.05) is 19.1 Å². The molecule has 1 aromatic rings. The van der Waals surface area contributed by atoms with E-state index in [1.165, 1.54) is 12.1 Å². The maximum absolute atomic E-state index is 13.2. The molecule has 0 aliphatic heterocycles. The molecule has 0 aliphatic rings.